The van der Waals surface area contributed by atoms with Crippen molar-refractivity contribution in [2.75, 3.05) is 0 Å². The summed E-state index contributed by atoms with van der Waals surface area (Å²) in [7, 11) is 0. The van der Waals surface area contributed by atoms with Crippen molar-refractivity contribution in [3.63, 3.8) is 0 Å². The van der Waals surface area contributed by atoms with E-state index in [-0.39, 0.29) is 17.8 Å². The molecule has 0 fully saturated rings. The number of carboxylic acids is 1. The SMILES string of the molecule is Cc1ccc(Cn2c(C(=O)O)cc3sc(C)c(C)c3c2=O)cc1. The van der Waals surface area contributed by atoms with Crippen LogP contribution in [0.3, 0.4) is 0 Å². The van der Waals surface area contributed by atoms with Gasteiger partial charge < -0.3 is 5.11 Å². The molecule has 1 N–H and O–H groups in total. The normalized spacial score (nSPS) is 11.1. The molecule has 2 heterocycles. The Bertz CT molecular complexity index is 965. The predicted octanol–water partition coefficient (Wildman–Crippen LogP) is 3.73. The van der Waals surface area contributed by atoms with Gasteiger partial charge in [0.1, 0.15) is 5.69 Å². The van der Waals surface area contributed by atoms with E-state index < -0.39 is 5.97 Å². The summed E-state index contributed by atoms with van der Waals surface area (Å²) < 4.78 is 2.09. The minimum Gasteiger partial charge on any atom is -0.477 e. The number of aryl methyl sites for hydroxylation is 3. The molecule has 2 aromatic heterocycles. The summed E-state index contributed by atoms with van der Waals surface area (Å²) in [5.74, 6) is -1.08. The zero-order valence-electron chi connectivity index (χ0n) is 13.2. The minimum atomic E-state index is -1.08. The molecular formula is C18H17NO3S. The fraction of sp³-hybridized carbons (Fsp3) is 0.222. The van der Waals surface area contributed by atoms with Crippen LogP contribution in [0.25, 0.3) is 10.1 Å². The van der Waals surface area contributed by atoms with Crippen LogP contribution in [0.1, 0.15) is 32.1 Å². The van der Waals surface area contributed by atoms with Crippen LogP contribution in [0, 0.1) is 20.8 Å². The van der Waals surface area contributed by atoms with Crippen LogP contribution < -0.4 is 5.56 Å². The minimum absolute atomic E-state index is 0.0318. The molecule has 118 valence electrons. The Hall–Kier alpha value is -2.40. The molecule has 1 aromatic carbocycles. The molecule has 0 saturated heterocycles. The third-order valence-corrected chi connectivity index (χ3v) is 5.26. The van der Waals surface area contributed by atoms with E-state index in [1.54, 1.807) is 6.07 Å². The maximum atomic E-state index is 12.9. The van der Waals surface area contributed by atoms with E-state index in [9.17, 15) is 14.7 Å². The molecule has 23 heavy (non-hydrogen) atoms. The molecule has 0 bridgehead atoms. The summed E-state index contributed by atoms with van der Waals surface area (Å²) in [5, 5.41) is 10.1. The number of carboxylic acid groups (broad SMARTS) is 1. The van der Waals surface area contributed by atoms with Crippen LogP contribution in [-0.2, 0) is 6.54 Å². The number of hydrogen-bond donors (Lipinski definition) is 1. The highest BCUT2D eigenvalue weighted by Crippen LogP contribution is 2.28. The van der Waals surface area contributed by atoms with Gasteiger partial charge in [0.25, 0.3) is 5.56 Å². The Kier molecular flexibility index (Phi) is 3.82. The lowest BCUT2D eigenvalue weighted by Gasteiger charge is -2.11. The van der Waals surface area contributed by atoms with Crippen molar-refractivity contribution < 1.29 is 9.90 Å². The zero-order valence-corrected chi connectivity index (χ0v) is 14.0. The monoisotopic (exact) mass is 327 g/mol. The van der Waals surface area contributed by atoms with Gasteiger partial charge in [-0.25, -0.2) is 4.79 Å². The fourth-order valence-corrected chi connectivity index (χ4v) is 3.78. The van der Waals surface area contributed by atoms with Crippen LogP contribution in [0.4, 0.5) is 0 Å². The van der Waals surface area contributed by atoms with E-state index in [1.165, 1.54) is 15.9 Å². The van der Waals surface area contributed by atoms with Gasteiger partial charge in [-0.05, 0) is 38.0 Å². The molecule has 0 radical (unpaired) electrons. The van der Waals surface area contributed by atoms with Crippen LogP contribution in [-0.4, -0.2) is 15.6 Å². The second-order valence-corrected chi connectivity index (χ2v) is 6.99. The smallest absolute Gasteiger partial charge is 0.352 e. The standard InChI is InChI=1S/C18H17NO3S/c1-10-4-6-13(7-5-10)9-19-14(18(21)22)8-15-16(17(19)20)11(2)12(3)23-15/h4-8H,9H2,1-3H3,(H,21,22). The van der Waals surface area contributed by atoms with Crippen molar-refractivity contribution in [2.24, 2.45) is 0 Å². The topological polar surface area (TPSA) is 59.3 Å². The van der Waals surface area contributed by atoms with Crippen molar-refractivity contribution in [1.82, 2.24) is 4.57 Å². The average molecular weight is 327 g/mol. The van der Waals surface area contributed by atoms with E-state index in [0.717, 1.165) is 26.3 Å². The first-order valence-electron chi connectivity index (χ1n) is 7.31. The second-order valence-electron chi connectivity index (χ2n) is 5.73. The van der Waals surface area contributed by atoms with E-state index in [0.29, 0.717) is 5.39 Å². The van der Waals surface area contributed by atoms with Crippen LogP contribution >= 0.6 is 11.3 Å². The summed E-state index contributed by atoms with van der Waals surface area (Å²) >= 11 is 1.46. The van der Waals surface area contributed by atoms with Crippen LogP contribution in [0.15, 0.2) is 35.1 Å². The lowest BCUT2D eigenvalue weighted by Crippen LogP contribution is -2.26. The first kappa shape index (κ1) is 15.5. The molecule has 3 aromatic rings. The second kappa shape index (κ2) is 5.66. The number of hydrogen-bond acceptors (Lipinski definition) is 3. The Morgan fingerprint density at radius 3 is 2.43 bits per heavy atom. The number of rotatable bonds is 3. The number of aromatic carboxylic acids is 1. The van der Waals surface area contributed by atoms with Gasteiger partial charge >= 0.3 is 5.97 Å². The number of nitrogens with zero attached hydrogens (tertiary/aromatic N) is 1. The molecule has 0 saturated carbocycles. The highest BCUT2D eigenvalue weighted by atomic mass is 32.1. The van der Waals surface area contributed by atoms with Crippen molar-refractivity contribution in [1.29, 1.82) is 0 Å². The van der Waals surface area contributed by atoms with Gasteiger partial charge in [-0.15, -0.1) is 11.3 Å². The average Bonchev–Trinajstić information content (AvgIpc) is 2.79. The molecule has 0 unspecified atom stereocenters. The van der Waals surface area contributed by atoms with Gasteiger partial charge in [0.05, 0.1) is 11.9 Å². The molecule has 4 nitrogen and oxygen atoms in total. The van der Waals surface area contributed by atoms with Crippen molar-refractivity contribution in [2.45, 2.75) is 27.3 Å². The van der Waals surface area contributed by atoms with Crippen molar-refractivity contribution in [3.05, 3.63) is 67.9 Å². The molecule has 0 aliphatic carbocycles. The lowest BCUT2D eigenvalue weighted by atomic mass is 10.1. The Labute approximate surface area is 137 Å². The maximum absolute atomic E-state index is 12.9. The molecule has 3 rings (SSSR count). The molecule has 0 amide bonds. The molecule has 0 spiro atoms. The van der Waals surface area contributed by atoms with Crippen LogP contribution in [0.2, 0.25) is 0 Å². The van der Waals surface area contributed by atoms with E-state index >= 15 is 0 Å². The first-order chi connectivity index (χ1) is 10.9. The fourth-order valence-electron chi connectivity index (χ4n) is 2.68. The van der Waals surface area contributed by atoms with Gasteiger partial charge in [0.15, 0.2) is 0 Å². The first-order valence-corrected chi connectivity index (χ1v) is 8.12. The Balaban J connectivity index is 2.24. The predicted molar refractivity (Wildman–Crippen MR) is 92.8 cm³/mol. The van der Waals surface area contributed by atoms with E-state index in [4.69, 9.17) is 0 Å². The zero-order chi connectivity index (χ0) is 16.7. The van der Waals surface area contributed by atoms with Gasteiger partial charge in [0.2, 0.25) is 0 Å². The molecular weight excluding hydrogens is 310 g/mol. The van der Waals surface area contributed by atoms with Crippen molar-refractivity contribution in [3.8, 4) is 0 Å². The van der Waals surface area contributed by atoms with E-state index in [1.807, 2.05) is 45.0 Å². The summed E-state index contributed by atoms with van der Waals surface area (Å²) in [6.07, 6.45) is 0. The van der Waals surface area contributed by atoms with Crippen molar-refractivity contribution >= 4 is 27.4 Å². The quantitative estimate of drug-likeness (QED) is 0.797. The van der Waals surface area contributed by atoms with Crippen LogP contribution in [0.5, 0.6) is 0 Å². The maximum Gasteiger partial charge on any atom is 0.352 e. The Morgan fingerprint density at radius 2 is 1.83 bits per heavy atom. The largest absolute Gasteiger partial charge is 0.477 e. The third kappa shape index (κ3) is 2.68. The number of thiophene rings is 1. The molecule has 0 aliphatic rings. The molecule has 0 aliphatic heterocycles. The molecule has 5 heteroatoms. The van der Waals surface area contributed by atoms with Gasteiger partial charge in [-0.3, -0.25) is 9.36 Å². The number of pyridine rings is 1. The third-order valence-electron chi connectivity index (χ3n) is 4.11. The number of aromatic nitrogens is 1. The highest BCUT2D eigenvalue weighted by Gasteiger charge is 2.18. The number of benzene rings is 1. The highest BCUT2D eigenvalue weighted by molar-refractivity contribution is 7.19. The van der Waals surface area contributed by atoms with Gasteiger partial charge in [-0.1, -0.05) is 29.8 Å². The summed E-state index contributed by atoms with van der Waals surface area (Å²) in [6, 6.07) is 9.36. The summed E-state index contributed by atoms with van der Waals surface area (Å²) in [4.78, 5) is 25.5. The summed E-state index contributed by atoms with van der Waals surface area (Å²) in [5.41, 5.74) is 2.76. The number of carbonyl (C=O) groups is 1. The van der Waals surface area contributed by atoms with Gasteiger partial charge in [0, 0.05) is 9.58 Å². The van der Waals surface area contributed by atoms with Gasteiger partial charge in [-0.2, -0.15) is 0 Å². The lowest BCUT2D eigenvalue weighted by molar-refractivity contribution is 0.0684. The van der Waals surface area contributed by atoms with E-state index in [2.05, 4.69) is 0 Å². The number of fused-ring (bicyclic) bond motifs is 1. The summed E-state index contributed by atoms with van der Waals surface area (Å²) in [6.45, 7) is 6.10. The molecule has 0 atom stereocenters. The Morgan fingerprint density at radius 1 is 1.17 bits per heavy atom.